The van der Waals surface area contributed by atoms with E-state index < -0.39 is 0 Å². The van der Waals surface area contributed by atoms with Crippen molar-refractivity contribution < 1.29 is 4.79 Å². The minimum atomic E-state index is -0.254. The number of amides is 1. The number of hydrogen-bond donors (Lipinski definition) is 1. The van der Waals surface area contributed by atoms with Gasteiger partial charge in [0, 0.05) is 25.2 Å². The van der Waals surface area contributed by atoms with Gasteiger partial charge in [0.05, 0.1) is 11.9 Å². The van der Waals surface area contributed by atoms with E-state index in [1.807, 2.05) is 13.8 Å². The van der Waals surface area contributed by atoms with Gasteiger partial charge in [0.15, 0.2) is 0 Å². The molecule has 1 aliphatic rings. The average molecular weight is 264 g/mol. The van der Waals surface area contributed by atoms with Gasteiger partial charge in [-0.15, -0.1) is 0 Å². The largest absolute Gasteiger partial charge is 0.381 e. The molecule has 1 amide bonds. The van der Waals surface area contributed by atoms with Crippen molar-refractivity contribution in [3.63, 3.8) is 0 Å². The molecule has 1 heterocycles. The van der Waals surface area contributed by atoms with Crippen molar-refractivity contribution in [1.82, 2.24) is 14.7 Å². The molecular weight excluding hydrogens is 244 g/mol. The van der Waals surface area contributed by atoms with Crippen LogP contribution in [0.5, 0.6) is 0 Å². The van der Waals surface area contributed by atoms with E-state index in [-0.39, 0.29) is 24.1 Å². The van der Waals surface area contributed by atoms with Crippen LogP contribution in [0.25, 0.3) is 0 Å². The summed E-state index contributed by atoms with van der Waals surface area (Å²) in [6.45, 7) is 3.84. The molecule has 0 saturated heterocycles. The van der Waals surface area contributed by atoms with E-state index in [9.17, 15) is 9.59 Å². The van der Waals surface area contributed by atoms with E-state index in [2.05, 4.69) is 10.4 Å². The van der Waals surface area contributed by atoms with Gasteiger partial charge in [-0.25, -0.2) is 4.68 Å². The Hall–Kier alpha value is -1.85. The first-order valence-corrected chi connectivity index (χ1v) is 6.56. The Morgan fingerprint density at radius 3 is 2.79 bits per heavy atom. The first-order valence-electron chi connectivity index (χ1n) is 6.56. The summed E-state index contributed by atoms with van der Waals surface area (Å²) in [6, 6.07) is 2.08. The lowest BCUT2D eigenvalue weighted by atomic mass is 10.3. The minimum Gasteiger partial charge on any atom is -0.381 e. The van der Waals surface area contributed by atoms with Gasteiger partial charge in [-0.05, 0) is 26.7 Å². The Bertz CT molecular complexity index is 520. The third-order valence-corrected chi connectivity index (χ3v) is 3.27. The topological polar surface area (TPSA) is 67.2 Å². The zero-order valence-electron chi connectivity index (χ0n) is 11.6. The second-order valence-electron chi connectivity index (χ2n) is 5.26. The summed E-state index contributed by atoms with van der Waals surface area (Å²) in [4.78, 5) is 25.4. The van der Waals surface area contributed by atoms with Crippen LogP contribution in [0.4, 0.5) is 5.69 Å². The van der Waals surface area contributed by atoms with Crippen molar-refractivity contribution in [2.45, 2.75) is 45.3 Å². The molecule has 0 radical (unpaired) electrons. The van der Waals surface area contributed by atoms with Gasteiger partial charge in [0.2, 0.25) is 5.91 Å². The number of aromatic nitrogens is 2. The average Bonchev–Trinajstić information content (AvgIpc) is 3.15. The lowest BCUT2D eigenvalue weighted by Crippen LogP contribution is -2.38. The monoisotopic (exact) mass is 264 g/mol. The summed E-state index contributed by atoms with van der Waals surface area (Å²) in [5.41, 5.74) is 0.476. The summed E-state index contributed by atoms with van der Waals surface area (Å²) >= 11 is 0. The second-order valence-corrected chi connectivity index (χ2v) is 5.26. The van der Waals surface area contributed by atoms with Crippen molar-refractivity contribution in [1.29, 1.82) is 0 Å². The molecule has 1 aromatic heterocycles. The summed E-state index contributed by atoms with van der Waals surface area (Å²) in [7, 11) is 1.72. The minimum absolute atomic E-state index is 0.0166. The molecule has 0 bridgehead atoms. The van der Waals surface area contributed by atoms with Gasteiger partial charge in [-0.1, -0.05) is 0 Å². The van der Waals surface area contributed by atoms with Crippen molar-refractivity contribution in [3.8, 4) is 0 Å². The van der Waals surface area contributed by atoms with Crippen LogP contribution < -0.4 is 10.9 Å². The van der Waals surface area contributed by atoms with Crippen LogP contribution in [-0.4, -0.2) is 39.7 Å². The summed E-state index contributed by atoms with van der Waals surface area (Å²) in [5.74, 6) is -0.118. The fourth-order valence-corrected chi connectivity index (χ4v) is 1.62. The van der Waals surface area contributed by atoms with E-state index in [1.54, 1.807) is 18.1 Å². The van der Waals surface area contributed by atoms with Crippen molar-refractivity contribution in [3.05, 3.63) is 22.6 Å². The number of hydrogen-bond acceptors (Lipinski definition) is 4. The fraction of sp³-hybridized carbons (Fsp3) is 0.615. The number of rotatable bonds is 5. The number of nitrogens with one attached hydrogen (secondary N) is 1. The van der Waals surface area contributed by atoms with Crippen LogP contribution in [0.3, 0.4) is 0 Å². The molecule has 6 heteroatoms. The molecule has 1 fully saturated rings. The van der Waals surface area contributed by atoms with Crippen LogP contribution in [0, 0.1) is 0 Å². The van der Waals surface area contributed by atoms with Crippen molar-refractivity contribution in [2.75, 3.05) is 12.4 Å². The Kier molecular flexibility index (Phi) is 3.87. The third kappa shape index (κ3) is 3.56. The zero-order valence-corrected chi connectivity index (χ0v) is 11.6. The van der Waals surface area contributed by atoms with E-state index in [0.29, 0.717) is 6.04 Å². The Morgan fingerprint density at radius 2 is 2.26 bits per heavy atom. The van der Waals surface area contributed by atoms with Crippen molar-refractivity contribution in [2.24, 2.45) is 0 Å². The quantitative estimate of drug-likeness (QED) is 0.849. The molecule has 0 aliphatic heterocycles. The third-order valence-electron chi connectivity index (χ3n) is 3.27. The van der Waals surface area contributed by atoms with E-state index in [4.69, 9.17) is 0 Å². The SMILES string of the molecule is CC(C)N(C)C(=O)Cn1ncc(NC2CC2)cc1=O. The zero-order chi connectivity index (χ0) is 14.0. The molecule has 2 rings (SSSR count). The molecule has 1 N–H and O–H groups in total. The van der Waals surface area contributed by atoms with Crippen LogP contribution in [0.2, 0.25) is 0 Å². The number of carbonyl (C=O) groups excluding carboxylic acids is 1. The van der Waals surface area contributed by atoms with Crippen LogP contribution in [0.15, 0.2) is 17.1 Å². The highest BCUT2D eigenvalue weighted by Gasteiger charge is 2.21. The number of anilines is 1. The molecule has 1 aliphatic carbocycles. The van der Waals surface area contributed by atoms with E-state index >= 15 is 0 Å². The van der Waals surface area contributed by atoms with Gasteiger partial charge in [0.1, 0.15) is 6.54 Å². The predicted octanol–water partition coefficient (Wildman–Crippen LogP) is 0.684. The van der Waals surface area contributed by atoms with E-state index in [1.165, 1.54) is 10.7 Å². The van der Waals surface area contributed by atoms with Crippen LogP contribution in [0.1, 0.15) is 26.7 Å². The molecule has 1 saturated carbocycles. The van der Waals surface area contributed by atoms with Crippen LogP contribution >= 0.6 is 0 Å². The smallest absolute Gasteiger partial charge is 0.269 e. The summed E-state index contributed by atoms with van der Waals surface area (Å²) in [6.07, 6.45) is 3.88. The molecule has 0 unspecified atom stereocenters. The Morgan fingerprint density at radius 1 is 1.58 bits per heavy atom. The number of carbonyl (C=O) groups is 1. The molecule has 0 aromatic carbocycles. The summed E-state index contributed by atoms with van der Waals surface area (Å²) in [5, 5.41) is 7.24. The molecule has 6 nitrogen and oxygen atoms in total. The molecule has 0 atom stereocenters. The van der Waals surface area contributed by atoms with Gasteiger partial charge in [0.25, 0.3) is 5.56 Å². The summed E-state index contributed by atoms with van der Waals surface area (Å²) < 4.78 is 1.19. The van der Waals surface area contributed by atoms with E-state index in [0.717, 1.165) is 18.5 Å². The number of nitrogens with zero attached hydrogens (tertiary/aromatic N) is 3. The standard InChI is InChI=1S/C13H20N4O2/c1-9(2)16(3)13(19)8-17-12(18)6-11(7-14-17)15-10-4-5-10/h6-7,9-10,15H,4-5,8H2,1-3H3. The number of likely N-dealkylation sites (N-methyl/N-ethyl adjacent to an activating group) is 1. The molecule has 104 valence electrons. The molecule has 0 spiro atoms. The van der Waals surface area contributed by atoms with Gasteiger partial charge < -0.3 is 10.2 Å². The lowest BCUT2D eigenvalue weighted by molar-refractivity contribution is -0.132. The van der Waals surface area contributed by atoms with Gasteiger partial charge in [-0.3, -0.25) is 9.59 Å². The maximum atomic E-state index is 11.9. The van der Waals surface area contributed by atoms with Crippen LogP contribution in [-0.2, 0) is 11.3 Å². The highest BCUT2D eigenvalue weighted by Crippen LogP contribution is 2.23. The fourth-order valence-electron chi connectivity index (χ4n) is 1.62. The van der Waals surface area contributed by atoms with Gasteiger partial charge >= 0.3 is 0 Å². The van der Waals surface area contributed by atoms with Crippen molar-refractivity contribution >= 4 is 11.6 Å². The Balaban J connectivity index is 2.04. The highest BCUT2D eigenvalue weighted by atomic mass is 16.2. The molecular formula is C13H20N4O2. The molecule has 1 aromatic rings. The first-order chi connectivity index (χ1) is 8.97. The lowest BCUT2D eigenvalue weighted by Gasteiger charge is -2.21. The molecule has 19 heavy (non-hydrogen) atoms. The maximum absolute atomic E-state index is 11.9. The highest BCUT2D eigenvalue weighted by molar-refractivity contribution is 5.75. The first kappa shape index (κ1) is 13.6. The predicted molar refractivity (Wildman–Crippen MR) is 73.0 cm³/mol. The Labute approximate surface area is 112 Å². The second kappa shape index (κ2) is 5.42. The maximum Gasteiger partial charge on any atom is 0.269 e. The van der Waals surface area contributed by atoms with Gasteiger partial charge in [-0.2, -0.15) is 5.10 Å². The normalized spacial score (nSPS) is 14.5.